The Morgan fingerprint density at radius 2 is 2.50 bits per heavy atom. The molecule has 0 aromatic rings. The van der Waals surface area contributed by atoms with Gasteiger partial charge in [0.25, 0.3) is 0 Å². The van der Waals surface area contributed by atoms with Crippen LogP contribution in [-0.2, 0) is 0 Å². The van der Waals surface area contributed by atoms with Crippen LogP contribution in [0.4, 0.5) is 0 Å². The fourth-order valence-electron chi connectivity index (χ4n) is 0.430. The molecule has 0 aromatic carbocycles. The maximum Gasteiger partial charge on any atom is 0.198 e. The lowest BCUT2D eigenvalue weighted by Gasteiger charge is -2.03. The van der Waals surface area contributed by atoms with Gasteiger partial charge in [0.15, 0.2) is 5.50 Å². The van der Waals surface area contributed by atoms with Crippen LogP contribution in [0.3, 0.4) is 0 Å². The zero-order valence-corrected chi connectivity index (χ0v) is 7.52. The Balaban J connectivity index is 2.30. The number of hydrogen-bond donors (Lipinski definition) is 0. The minimum Gasteiger partial charge on any atom is -0.369 e. The van der Waals surface area contributed by atoms with Crippen molar-refractivity contribution in [3.8, 4) is 0 Å². The molecule has 3 nitrogen and oxygen atoms in total. The van der Waals surface area contributed by atoms with E-state index >= 15 is 0 Å². The number of nitrogens with zero attached hydrogens (tertiary/aromatic N) is 3. The quantitative estimate of drug-likeness (QED) is 0.359. The molecule has 1 atom stereocenters. The molecule has 0 fully saturated rings. The summed E-state index contributed by atoms with van der Waals surface area (Å²) < 4.78 is 0. The summed E-state index contributed by atoms with van der Waals surface area (Å²) >= 11 is 0. The Bertz CT molecular complexity index is 155. The first-order valence-electron chi connectivity index (χ1n) is 2.82. The van der Waals surface area contributed by atoms with E-state index in [4.69, 9.17) is 0 Å². The third-order valence-corrected chi connectivity index (χ3v) is 2.64. The van der Waals surface area contributed by atoms with E-state index < -0.39 is 0 Å². The van der Waals surface area contributed by atoms with E-state index in [0.29, 0.717) is 0 Å². The van der Waals surface area contributed by atoms with E-state index in [1.165, 1.54) is 0 Å². The van der Waals surface area contributed by atoms with Gasteiger partial charge in [-0.2, -0.15) is 0 Å². The summed E-state index contributed by atoms with van der Waals surface area (Å²) in [5.74, 6) is 0. The Hall–Kier alpha value is -0.160. The molecule has 1 heterocycles. The molecule has 0 spiro atoms. The Labute approximate surface area is 68.4 Å². The van der Waals surface area contributed by atoms with Crippen LogP contribution in [0.2, 0.25) is 0 Å². The second-order valence-electron chi connectivity index (χ2n) is 2.00. The van der Waals surface area contributed by atoms with Gasteiger partial charge >= 0.3 is 0 Å². The molecule has 1 aliphatic heterocycles. The zero-order valence-electron chi connectivity index (χ0n) is 5.89. The highest BCUT2D eigenvalue weighted by atomic mass is 33.1. The average Bonchev–Trinajstić information content (AvgIpc) is 2.34. The van der Waals surface area contributed by atoms with Gasteiger partial charge in [-0.05, 0) is 21.6 Å². The maximum absolute atomic E-state index is 4.17. The highest BCUT2D eigenvalue weighted by Gasteiger charge is 2.07. The van der Waals surface area contributed by atoms with Crippen molar-refractivity contribution in [3.63, 3.8) is 0 Å². The van der Waals surface area contributed by atoms with E-state index in [-0.39, 0.29) is 5.50 Å². The van der Waals surface area contributed by atoms with E-state index in [1.807, 2.05) is 24.5 Å². The van der Waals surface area contributed by atoms with E-state index in [0.717, 1.165) is 0 Å². The molecule has 0 saturated heterocycles. The summed E-state index contributed by atoms with van der Waals surface area (Å²) in [5.41, 5.74) is 1.90. The molecule has 0 aromatic heterocycles. The standard InChI is InChI=1S/C5H9N3S2/c1-8(2)3-6-5-7-4-9-10-5/h3-5H,1-2H3. The first-order valence-corrected chi connectivity index (χ1v) is 5.10. The number of hydrogen-bond acceptors (Lipinski definition) is 4. The normalized spacial score (nSPS) is 24.4. The predicted octanol–water partition coefficient (Wildman–Crippen LogP) is 1.28. The van der Waals surface area contributed by atoms with Crippen molar-refractivity contribution in [2.45, 2.75) is 5.50 Å². The summed E-state index contributed by atoms with van der Waals surface area (Å²) in [6.07, 6.45) is 1.78. The van der Waals surface area contributed by atoms with Crippen molar-refractivity contribution >= 4 is 33.5 Å². The van der Waals surface area contributed by atoms with Crippen LogP contribution in [0.1, 0.15) is 0 Å². The third kappa shape index (κ3) is 2.62. The highest BCUT2D eigenvalue weighted by molar-refractivity contribution is 8.82. The van der Waals surface area contributed by atoms with Crippen molar-refractivity contribution in [2.75, 3.05) is 14.1 Å². The monoisotopic (exact) mass is 175 g/mol. The smallest absolute Gasteiger partial charge is 0.198 e. The third-order valence-electron chi connectivity index (χ3n) is 0.798. The van der Waals surface area contributed by atoms with Crippen molar-refractivity contribution in [2.24, 2.45) is 9.98 Å². The Morgan fingerprint density at radius 1 is 1.70 bits per heavy atom. The molecular formula is C5H9N3S2. The second-order valence-corrected chi connectivity index (χ2v) is 4.17. The van der Waals surface area contributed by atoms with Gasteiger partial charge in [0, 0.05) is 14.1 Å². The summed E-state index contributed by atoms with van der Waals surface area (Å²) in [5, 5.41) is 0. The summed E-state index contributed by atoms with van der Waals surface area (Å²) in [7, 11) is 7.17. The molecule has 0 saturated carbocycles. The molecule has 0 N–H and O–H groups in total. The van der Waals surface area contributed by atoms with Crippen molar-refractivity contribution in [1.29, 1.82) is 0 Å². The largest absolute Gasteiger partial charge is 0.369 e. The fraction of sp³-hybridized carbons (Fsp3) is 0.600. The lowest BCUT2D eigenvalue weighted by molar-refractivity contribution is 0.638. The first-order chi connectivity index (χ1) is 4.79. The van der Waals surface area contributed by atoms with Crippen LogP contribution in [0, 0.1) is 0 Å². The molecular weight excluding hydrogens is 166 g/mol. The molecule has 0 aliphatic carbocycles. The molecule has 56 valence electrons. The minimum absolute atomic E-state index is 0.0763. The maximum atomic E-state index is 4.17. The topological polar surface area (TPSA) is 28.0 Å². The van der Waals surface area contributed by atoms with Crippen LogP contribution in [0.25, 0.3) is 0 Å². The average molecular weight is 175 g/mol. The molecule has 1 rings (SSSR count). The van der Waals surface area contributed by atoms with Gasteiger partial charge < -0.3 is 4.90 Å². The van der Waals surface area contributed by atoms with Crippen LogP contribution in [0.5, 0.6) is 0 Å². The summed E-state index contributed by atoms with van der Waals surface area (Å²) in [6, 6.07) is 0. The second kappa shape index (κ2) is 3.88. The number of rotatable bonds is 2. The molecule has 0 radical (unpaired) electrons. The fourth-order valence-corrected chi connectivity index (χ4v) is 1.93. The molecule has 0 bridgehead atoms. The van der Waals surface area contributed by atoms with Gasteiger partial charge in [-0.15, -0.1) is 0 Å². The summed E-state index contributed by atoms with van der Waals surface area (Å²) in [4.78, 5) is 10.2. The minimum atomic E-state index is 0.0763. The van der Waals surface area contributed by atoms with Crippen LogP contribution >= 0.6 is 21.6 Å². The van der Waals surface area contributed by atoms with E-state index in [9.17, 15) is 0 Å². The SMILES string of the molecule is CN(C)C=NC1N=CSS1. The van der Waals surface area contributed by atoms with Gasteiger partial charge in [-0.1, -0.05) is 0 Å². The lowest BCUT2D eigenvalue weighted by atomic mass is 10.9. The Morgan fingerprint density at radius 3 is 3.00 bits per heavy atom. The van der Waals surface area contributed by atoms with Crippen molar-refractivity contribution < 1.29 is 0 Å². The number of aliphatic imine (C=N–C) groups is 2. The van der Waals surface area contributed by atoms with Crippen LogP contribution < -0.4 is 0 Å². The molecule has 1 unspecified atom stereocenters. The molecule has 10 heavy (non-hydrogen) atoms. The van der Waals surface area contributed by atoms with Gasteiger partial charge in [0.1, 0.15) is 0 Å². The predicted molar refractivity (Wildman–Crippen MR) is 49.6 cm³/mol. The first kappa shape index (κ1) is 7.94. The van der Waals surface area contributed by atoms with Gasteiger partial charge in [-0.25, -0.2) is 9.98 Å². The van der Waals surface area contributed by atoms with E-state index in [2.05, 4.69) is 9.98 Å². The molecule has 1 aliphatic rings. The van der Waals surface area contributed by atoms with Crippen LogP contribution in [0.15, 0.2) is 9.98 Å². The highest BCUT2D eigenvalue weighted by Crippen LogP contribution is 2.31. The van der Waals surface area contributed by atoms with Gasteiger partial charge in [0.05, 0.1) is 11.9 Å². The van der Waals surface area contributed by atoms with Crippen molar-refractivity contribution in [3.05, 3.63) is 0 Å². The van der Waals surface area contributed by atoms with Crippen LogP contribution in [-0.4, -0.2) is 36.4 Å². The van der Waals surface area contributed by atoms with Crippen molar-refractivity contribution in [1.82, 2.24) is 4.90 Å². The lowest BCUT2D eigenvalue weighted by Crippen LogP contribution is -2.09. The van der Waals surface area contributed by atoms with Gasteiger partial charge in [-0.3, -0.25) is 0 Å². The molecule has 5 heteroatoms. The Kier molecular flexibility index (Phi) is 3.08. The van der Waals surface area contributed by atoms with E-state index in [1.54, 1.807) is 27.9 Å². The zero-order chi connectivity index (χ0) is 7.40. The van der Waals surface area contributed by atoms with Gasteiger partial charge in [0.2, 0.25) is 0 Å². The molecule has 0 amide bonds. The summed E-state index contributed by atoms with van der Waals surface area (Å²) in [6.45, 7) is 0.